The van der Waals surface area contributed by atoms with Crippen molar-refractivity contribution in [3.8, 4) is 5.75 Å². The second kappa shape index (κ2) is 10.8. The Labute approximate surface area is 187 Å². The van der Waals surface area contributed by atoms with E-state index in [1.54, 1.807) is 4.90 Å². The van der Waals surface area contributed by atoms with E-state index in [-0.39, 0.29) is 12.1 Å². The van der Waals surface area contributed by atoms with Gasteiger partial charge in [0.2, 0.25) is 5.89 Å². The van der Waals surface area contributed by atoms with Gasteiger partial charge in [-0.3, -0.25) is 0 Å². The van der Waals surface area contributed by atoms with Crippen molar-refractivity contribution in [2.45, 2.75) is 38.8 Å². The third kappa shape index (κ3) is 5.45. The quantitative estimate of drug-likeness (QED) is 0.493. The number of nitrogens with zero attached hydrogens (tertiary/aromatic N) is 3. The van der Waals surface area contributed by atoms with E-state index in [9.17, 15) is 4.79 Å². The number of nitrogens with one attached hydrogen (secondary N) is 1. The molecule has 3 aromatic rings. The molecule has 1 atom stereocenters. The summed E-state index contributed by atoms with van der Waals surface area (Å²) in [5.74, 6) is 1.70. The first kappa shape index (κ1) is 21.8. The highest BCUT2D eigenvalue weighted by atomic mass is 16.5. The number of benzene rings is 2. The van der Waals surface area contributed by atoms with Crippen LogP contribution in [0.5, 0.6) is 5.75 Å². The molecule has 1 aliphatic heterocycles. The van der Waals surface area contributed by atoms with Gasteiger partial charge in [-0.1, -0.05) is 47.6 Å². The summed E-state index contributed by atoms with van der Waals surface area (Å²) in [5.41, 5.74) is 1.77. The number of ether oxygens (including phenoxy) is 2. The van der Waals surface area contributed by atoms with E-state index >= 15 is 0 Å². The molecule has 1 unspecified atom stereocenters. The average Bonchev–Trinajstić information content (AvgIpc) is 3.48. The zero-order valence-electron chi connectivity index (χ0n) is 18.2. The molecule has 8 heteroatoms. The summed E-state index contributed by atoms with van der Waals surface area (Å²) >= 11 is 0. The van der Waals surface area contributed by atoms with Crippen molar-refractivity contribution < 1.29 is 18.8 Å². The van der Waals surface area contributed by atoms with Crippen LogP contribution in [0.3, 0.4) is 0 Å². The molecule has 1 aromatic heterocycles. The Balaban J connectivity index is 1.32. The first-order valence-electron chi connectivity index (χ1n) is 11.0. The van der Waals surface area contributed by atoms with Crippen LogP contribution < -0.4 is 10.1 Å². The SMILES string of the molecule is CCOc1ccccc1NC(=O)N1CCCC1c1nc(CCOCc2ccccc2)no1. The van der Waals surface area contributed by atoms with E-state index in [0.29, 0.717) is 55.9 Å². The first-order chi connectivity index (χ1) is 15.7. The Hall–Kier alpha value is -3.39. The number of carbonyl (C=O) groups is 1. The molecule has 0 bridgehead atoms. The highest BCUT2D eigenvalue weighted by molar-refractivity contribution is 5.91. The van der Waals surface area contributed by atoms with Crippen LogP contribution in [0.1, 0.15) is 43.1 Å². The molecular formula is C24H28N4O4. The van der Waals surface area contributed by atoms with Crippen LogP contribution in [0.25, 0.3) is 0 Å². The highest BCUT2D eigenvalue weighted by Crippen LogP contribution is 2.32. The summed E-state index contributed by atoms with van der Waals surface area (Å²) in [6.45, 7) is 4.11. The van der Waals surface area contributed by atoms with Gasteiger partial charge in [-0.05, 0) is 37.5 Å². The maximum Gasteiger partial charge on any atom is 0.322 e. The number of para-hydroxylation sites is 2. The van der Waals surface area contributed by atoms with Gasteiger partial charge in [-0.25, -0.2) is 4.79 Å². The largest absolute Gasteiger partial charge is 0.492 e. The van der Waals surface area contributed by atoms with Gasteiger partial charge in [0.1, 0.15) is 11.8 Å². The topological polar surface area (TPSA) is 89.7 Å². The molecule has 0 radical (unpaired) electrons. The third-order valence-electron chi connectivity index (χ3n) is 5.29. The van der Waals surface area contributed by atoms with Crippen LogP contribution in [0.15, 0.2) is 59.1 Å². The molecule has 2 aromatic carbocycles. The predicted molar refractivity (Wildman–Crippen MR) is 119 cm³/mol. The van der Waals surface area contributed by atoms with Crippen LogP contribution in [0.2, 0.25) is 0 Å². The fourth-order valence-corrected chi connectivity index (χ4v) is 3.74. The lowest BCUT2D eigenvalue weighted by Gasteiger charge is -2.23. The number of hydrogen-bond donors (Lipinski definition) is 1. The van der Waals surface area contributed by atoms with E-state index in [4.69, 9.17) is 14.0 Å². The zero-order valence-corrected chi connectivity index (χ0v) is 18.2. The second-order valence-electron chi connectivity index (χ2n) is 7.55. The smallest absolute Gasteiger partial charge is 0.322 e. The van der Waals surface area contributed by atoms with E-state index in [1.807, 2.05) is 61.5 Å². The number of amides is 2. The molecule has 1 fully saturated rings. The van der Waals surface area contributed by atoms with Crippen LogP contribution in [0.4, 0.5) is 10.5 Å². The van der Waals surface area contributed by atoms with Crippen molar-refractivity contribution in [1.82, 2.24) is 15.0 Å². The van der Waals surface area contributed by atoms with Crippen LogP contribution in [-0.4, -0.2) is 40.8 Å². The molecule has 4 rings (SSSR count). The first-order valence-corrected chi connectivity index (χ1v) is 11.0. The predicted octanol–water partition coefficient (Wildman–Crippen LogP) is 4.60. The van der Waals surface area contributed by atoms with Gasteiger partial charge >= 0.3 is 6.03 Å². The minimum atomic E-state index is -0.235. The molecule has 0 saturated carbocycles. The number of hydrogen-bond acceptors (Lipinski definition) is 6. The molecule has 0 aliphatic carbocycles. The minimum Gasteiger partial charge on any atom is -0.492 e. The van der Waals surface area contributed by atoms with Crippen molar-refractivity contribution in [3.05, 3.63) is 71.9 Å². The van der Waals surface area contributed by atoms with Crippen LogP contribution in [0, 0.1) is 0 Å². The Morgan fingerprint density at radius 2 is 2.00 bits per heavy atom. The number of likely N-dealkylation sites (tertiary alicyclic amines) is 1. The average molecular weight is 437 g/mol. The van der Waals surface area contributed by atoms with Gasteiger partial charge < -0.3 is 24.2 Å². The molecule has 32 heavy (non-hydrogen) atoms. The summed E-state index contributed by atoms with van der Waals surface area (Å²) in [6, 6.07) is 17.0. The number of urea groups is 1. The molecule has 2 heterocycles. The van der Waals surface area contributed by atoms with Crippen LogP contribution >= 0.6 is 0 Å². The molecule has 168 valence electrons. The van der Waals surface area contributed by atoms with E-state index in [2.05, 4.69) is 15.5 Å². The minimum absolute atomic E-state index is 0.203. The van der Waals surface area contributed by atoms with Gasteiger partial charge in [0.05, 0.1) is 25.5 Å². The maximum atomic E-state index is 13.0. The molecule has 2 amide bonds. The van der Waals surface area contributed by atoms with Gasteiger partial charge in [-0.2, -0.15) is 4.98 Å². The number of anilines is 1. The second-order valence-corrected chi connectivity index (χ2v) is 7.55. The Bertz CT molecular complexity index is 1010. The Morgan fingerprint density at radius 3 is 2.84 bits per heavy atom. The van der Waals surface area contributed by atoms with E-state index in [1.165, 1.54) is 0 Å². The monoisotopic (exact) mass is 436 g/mol. The summed E-state index contributed by atoms with van der Waals surface area (Å²) in [6.07, 6.45) is 2.22. The van der Waals surface area contributed by atoms with Gasteiger partial charge in [0.25, 0.3) is 0 Å². The lowest BCUT2D eigenvalue weighted by Crippen LogP contribution is -2.34. The van der Waals surface area contributed by atoms with E-state index < -0.39 is 0 Å². The zero-order chi connectivity index (χ0) is 22.2. The Kier molecular flexibility index (Phi) is 7.34. The number of carbonyl (C=O) groups excluding carboxylic acids is 1. The van der Waals surface area contributed by atoms with Gasteiger partial charge in [-0.15, -0.1) is 0 Å². The number of rotatable bonds is 9. The summed E-state index contributed by atoms with van der Waals surface area (Å²) in [4.78, 5) is 19.2. The van der Waals surface area contributed by atoms with Crippen molar-refractivity contribution in [2.75, 3.05) is 25.1 Å². The number of aromatic nitrogens is 2. The van der Waals surface area contributed by atoms with Gasteiger partial charge in [0, 0.05) is 13.0 Å². The van der Waals surface area contributed by atoms with Crippen molar-refractivity contribution in [3.63, 3.8) is 0 Å². The molecule has 1 aliphatic rings. The fraction of sp³-hybridized carbons (Fsp3) is 0.375. The molecule has 0 spiro atoms. The lowest BCUT2D eigenvalue weighted by molar-refractivity contribution is 0.122. The summed E-state index contributed by atoms with van der Waals surface area (Å²) in [5, 5.41) is 7.03. The van der Waals surface area contributed by atoms with Gasteiger partial charge in [0.15, 0.2) is 5.82 Å². The van der Waals surface area contributed by atoms with E-state index in [0.717, 1.165) is 18.4 Å². The summed E-state index contributed by atoms with van der Waals surface area (Å²) in [7, 11) is 0. The fourth-order valence-electron chi connectivity index (χ4n) is 3.74. The molecule has 8 nitrogen and oxygen atoms in total. The van der Waals surface area contributed by atoms with Crippen molar-refractivity contribution >= 4 is 11.7 Å². The van der Waals surface area contributed by atoms with Crippen molar-refractivity contribution in [2.24, 2.45) is 0 Å². The van der Waals surface area contributed by atoms with Crippen LogP contribution in [-0.2, 0) is 17.8 Å². The molecule has 1 N–H and O–H groups in total. The third-order valence-corrected chi connectivity index (χ3v) is 5.29. The standard InChI is InChI=1S/C24H28N4O4/c1-2-31-21-13-7-6-11-19(21)25-24(29)28-15-8-12-20(28)23-26-22(27-32-23)14-16-30-17-18-9-4-3-5-10-18/h3-7,9-11,13,20H,2,8,12,14-17H2,1H3,(H,25,29). The Morgan fingerprint density at radius 1 is 1.19 bits per heavy atom. The summed E-state index contributed by atoms with van der Waals surface area (Å²) < 4.78 is 16.8. The normalized spacial score (nSPS) is 15.7. The van der Waals surface area contributed by atoms with Crippen molar-refractivity contribution in [1.29, 1.82) is 0 Å². The lowest BCUT2D eigenvalue weighted by atomic mass is 10.2. The highest BCUT2D eigenvalue weighted by Gasteiger charge is 2.34. The maximum absolute atomic E-state index is 13.0. The molecular weight excluding hydrogens is 408 g/mol. The molecule has 1 saturated heterocycles.